The summed E-state index contributed by atoms with van der Waals surface area (Å²) < 4.78 is 6.81. The fourth-order valence-electron chi connectivity index (χ4n) is 2.86. The number of aromatic nitrogens is 3. The average Bonchev–Trinajstić information content (AvgIpc) is 3.21. The maximum absolute atomic E-state index is 12.3. The van der Waals surface area contributed by atoms with Crippen LogP contribution in [-0.4, -0.2) is 37.5 Å². The highest BCUT2D eigenvalue weighted by Crippen LogP contribution is 2.30. The SMILES string of the molecule is Cc1cnn(Cc2cc(C(=O)NC3(C(=O)O)CCCC3)no2)c1. The highest BCUT2D eigenvalue weighted by Gasteiger charge is 2.43. The summed E-state index contributed by atoms with van der Waals surface area (Å²) in [6.07, 6.45) is 6.02. The summed E-state index contributed by atoms with van der Waals surface area (Å²) in [5, 5.41) is 19.9. The Morgan fingerprint density at radius 3 is 2.78 bits per heavy atom. The van der Waals surface area contributed by atoms with Crippen LogP contribution in [0.1, 0.15) is 47.5 Å². The van der Waals surface area contributed by atoms with Gasteiger partial charge in [0.2, 0.25) is 0 Å². The van der Waals surface area contributed by atoms with Crippen LogP contribution in [0.2, 0.25) is 0 Å². The molecule has 0 aliphatic heterocycles. The van der Waals surface area contributed by atoms with Crippen molar-refractivity contribution in [1.82, 2.24) is 20.3 Å². The largest absolute Gasteiger partial charge is 0.480 e. The molecule has 0 spiro atoms. The third kappa shape index (κ3) is 3.10. The van der Waals surface area contributed by atoms with E-state index in [0.29, 0.717) is 25.1 Å². The van der Waals surface area contributed by atoms with Crippen LogP contribution >= 0.6 is 0 Å². The van der Waals surface area contributed by atoms with Crippen molar-refractivity contribution < 1.29 is 19.2 Å². The van der Waals surface area contributed by atoms with Crippen molar-refractivity contribution in [2.24, 2.45) is 0 Å². The lowest BCUT2D eigenvalue weighted by molar-refractivity contribution is -0.144. The van der Waals surface area contributed by atoms with Gasteiger partial charge in [-0.25, -0.2) is 4.79 Å². The number of nitrogens with zero attached hydrogens (tertiary/aromatic N) is 3. The van der Waals surface area contributed by atoms with Crippen LogP contribution in [-0.2, 0) is 11.3 Å². The molecule has 2 N–H and O–H groups in total. The lowest BCUT2D eigenvalue weighted by Gasteiger charge is -2.24. The van der Waals surface area contributed by atoms with Crippen molar-refractivity contribution in [1.29, 1.82) is 0 Å². The first-order chi connectivity index (χ1) is 11.0. The van der Waals surface area contributed by atoms with Crippen LogP contribution in [0, 0.1) is 6.92 Å². The zero-order chi connectivity index (χ0) is 16.4. The molecule has 2 heterocycles. The van der Waals surface area contributed by atoms with Crippen LogP contribution in [0.25, 0.3) is 0 Å². The molecule has 1 saturated carbocycles. The molecule has 8 nitrogen and oxygen atoms in total. The molecular weight excluding hydrogens is 300 g/mol. The molecule has 2 aromatic rings. The Bertz CT molecular complexity index is 727. The van der Waals surface area contributed by atoms with Gasteiger partial charge in [-0.1, -0.05) is 18.0 Å². The number of hydrogen-bond donors (Lipinski definition) is 2. The summed E-state index contributed by atoms with van der Waals surface area (Å²) in [6.45, 7) is 2.29. The fourth-order valence-corrected chi connectivity index (χ4v) is 2.86. The topological polar surface area (TPSA) is 110 Å². The van der Waals surface area contributed by atoms with Gasteiger partial charge in [0.25, 0.3) is 5.91 Å². The Balaban J connectivity index is 1.69. The standard InChI is InChI=1S/C15H18N4O4/c1-10-7-16-19(8-10)9-11-6-12(18-23-11)13(20)17-15(14(21)22)4-2-3-5-15/h6-8H,2-5,9H2,1H3,(H,17,20)(H,21,22). The number of carbonyl (C=O) groups is 2. The van der Waals surface area contributed by atoms with Crippen LogP contribution in [0.5, 0.6) is 0 Å². The minimum Gasteiger partial charge on any atom is -0.480 e. The van der Waals surface area contributed by atoms with E-state index in [1.165, 1.54) is 6.07 Å². The van der Waals surface area contributed by atoms with E-state index in [-0.39, 0.29) is 5.69 Å². The Morgan fingerprint density at radius 2 is 2.17 bits per heavy atom. The fraction of sp³-hybridized carbons (Fsp3) is 0.467. The molecule has 1 aliphatic rings. The maximum Gasteiger partial charge on any atom is 0.329 e. The summed E-state index contributed by atoms with van der Waals surface area (Å²) in [7, 11) is 0. The van der Waals surface area contributed by atoms with Crippen molar-refractivity contribution in [2.75, 3.05) is 0 Å². The van der Waals surface area contributed by atoms with Gasteiger partial charge >= 0.3 is 5.97 Å². The molecule has 0 bridgehead atoms. The van der Waals surface area contributed by atoms with Crippen LogP contribution in [0.15, 0.2) is 23.0 Å². The number of amides is 1. The molecule has 122 valence electrons. The molecule has 1 aliphatic carbocycles. The Labute approximate surface area is 132 Å². The third-order valence-corrected chi connectivity index (χ3v) is 4.09. The molecule has 0 aromatic carbocycles. The predicted octanol–water partition coefficient (Wildman–Crippen LogP) is 1.36. The minimum atomic E-state index is -1.19. The molecule has 2 aromatic heterocycles. The Hall–Kier alpha value is -2.64. The summed E-state index contributed by atoms with van der Waals surface area (Å²) in [5.41, 5.74) is -0.0847. The minimum absolute atomic E-state index is 0.0800. The molecule has 0 unspecified atom stereocenters. The lowest BCUT2D eigenvalue weighted by Crippen LogP contribution is -2.52. The van der Waals surface area contributed by atoms with Crippen LogP contribution in [0.3, 0.4) is 0 Å². The van der Waals surface area contributed by atoms with Gasteiger partial charge in [0.15, 0.2) is 11.5 Å². The highest BCUT2D eigenvalue weighted by atomic mass is 16.5. The predicted molar refractivity (Wildman–Crippen MR) is 78.9 cm³/mol. The maximum atomic E-state index is 12.3. The zero-order valence-corrected chi connectivity index (χ0v) is 12.8. The van der Waals surface area contributed by atoms with E-state index in [0.717, 1.165) is 18.4 Å². The quantitative estimate of drug-likeness (QED) is 0.861. The number of hydrogen-bond acceptors (Lipinski definition) is 5. The van der Waals surface area contributed by atoms with Gasteiger partial charge in [0.1, 0.15) is 12.1 Å². The van der Waals surface area contributed by atoms with Crippen molar-refractivity contribution >= 4 is 11.9 Å². The van der Waals surface area contributed by atoms with Gasteiger partial charge in [-0.15, -0.1) is 0 Å². The smallest absolute Gasteiger partial charge is 0.329 e. The van der Waals surface area contributed by atoms with E-state index in [1.54, 1.807) is 10.9 Å². The molecule has 0 saturated heterocycles. The first kappa shape index (κ1) is 15.3. The summed E-state index contributed by atoms with van der Waals surface area (Å²) in [5.74, 6) is -1.05. The molecule has 0 atom stereocenters. The van der Waals surface area contributed by atoms with Gasteiger partial charge in [0, 0.05) is 12.3 Å². The summed E-state index contributed by atoms with van der Waals surface area (Å²) in [4.78, 5) is 23.7. The van der Waals surface area contributed by atoms with Gasteiger partial charge in [-0.3, -0.25) is 9.48 Å². The summed E-state index contributed by atoms with van der Waals surface area (Å²) in [6, 6.07) is 1.51. The van der Waals surface area contributed by atoms with Crippen LogP contribution in [0.4, 0.5) is 0 Å². The Morgan fingerprint density at radius 1 is 1.43 bits per heavy atom. The molecular formula is C15H18N4O4. The molecule has 1 fully saturated rings. The average molecular weight is 318 g/mol. The van der Waals surface area contributed by atoms with E-state index in [9.17, 15) is 14.7 Å². The van der Waals surface area contributed by atoms with Crippen molar-refractivity contribution in [2.45, 2.75) is 44.7 Å². The second-order valence-corrected chi connectivity index (χ2v) is 5.94. The molecule has 3 rings (SSSR count). The van der Waals surface area contributed by atoms with Crippen molar-refractivity contribution in [3.8, 4) is 0 Å². The van der Waals surface area contributed by atoms with Gasteiger partial charge in [-0.2, -0.15) is 5.10 Å². The number of nitrogens with one attached hydrogen (secondary N) is 1. The molecule has 0 radical (unpaired) electrons. The number of carbonyl (C=O) groups excluding carboxylic acids is 1. The lowest BCUT2D eigenvalue weighted by atomic mass is 9.97. The van der Waals surface area contributed by atoms with Crippen molar-refractivity contribution in [3.05, 3.63) is 35.5 Å². The van der Waals surface area contributed by atoms with E-state index >= 15 is 0 Å². The molecule has 23 heavy (non-hydrogen) atoms. The highest BCUT2D eigenvalue weighted by molar-refractivity contribution is 5.96. The van der Waals surface area contributed by atoms with Crippen LogP contribution < -0.4 is 5.32 Å². The number of rotatable bonds is 5. The summed E-state index contributed by atoms with van der Waals surface area (Å²) >= 11 is 0. The monoisotopic (exact) mass is 318 g/mol. The van der Waals surface area contributed by atoms with E-state index in [1.807, 2.05) is 13.1 Å². The van der Waals surface area contributed by atoms with Gasteiger partial charge in [-0.05, 0) is 25.3 Å². The normalized spacial score (nSPS) is 16.4. The van der Waals surface area contributed by atoms with E-state index in [4.69, 9.17) is 4.52 Å². The Kier molecular flexibility index (Phi) is 3.89. The van der Waals surface area contributed by atoms with Gasteiger partial charge < -0.3 is 14.9 Å². The second kappa shape index (κ2) is 5.86. The van der Waals surface area contributed by atoms with Crippen molar-refractivity contribution in [3.63, 3.8) is 0 Å². The first-order valence-electron chi connectivity index (χ1n) is 7.49. The molecule has 8 heteroatoms. The first-order valence-corrected chi connectivity index (χ1v) is 7.49. The second-order valence-electron chi connectivity index (χ2n) is 5.94. The van der Waals surface area contributed by atoms with E-state index < -0.39 is 17.4 Å². The number of aliphatic carboxylic acids is 1. The van der Waals surface area contributed by atoms with E-state index in [2.05, 4.69) is 15.6 Å². The zero-order valence-electron chi connectivity index (χ0n) is 12.8. The number of aryl methyl sites for hydroxylation is 1. The van der Waals surface area contributed by atoms with Gasteiger partial charge in [0.05, 0.1) is 6.20 Å². The third-order valence-electron chi connectivity index (χ3n) is 4.09. The molecule has 1 amide bonds. The number of carboxylic acids is 1. The number of carboxylic acid groups (broad SMARTS) is 1.